The van der Waals surface area contributed by atoms with E-state index in [2.05, 4.69) is 5.32 Å². The molecule has 0 aliphatic carbocycles. The van der Waals surface area contributed by atoms with Gasteiger partial charge in [0.25, 0.3) is 10.0 Å². The van der Waals surface area contributed by atoms with Crippen molar-refractivity contribution in [2.45, 2.75) is 15.6 Å². The number of morpholine rings is 1. The number of likely N-dealkylation sites (N-methyl/N-ethyl adjacent to an activating group) is 1. The maximum Gasteiger partial charge on any atom is 0.252 e. The summed E-state index contributed by atoms with van der Waals surface area (Å²) in [6.07, 6.45) is 0. The lowest BCUT2D eigenvalue weighted by atomic mass is 10.2. The molecule has 1 amide bonds. The van der Waals surface area contributed by atoms with Crippen LogP contribution in [0.2, 0.25) is 0 Å². The minimum atomic E-state index is -3.70. The molecule has 30 heavy (non-hydrogen) atoms. The Labute approximate surface area is 180 Å². The molecule has 0 spiro atoms. The van der Waals surface area contributed by atoms with E-state index >= 15 is 0 Å². The lowest BCUT2D eigenvalue weighted by Gasteiger charge is -2.26. The van der Waals surface area contributed by atoms with Crippen molar-refractivity contribution in [3.63, 3.8) is 0 Å². The Morgan fingerprint density at radius 3 is 2.40 bits per heavy atom. The number of sulfonamides is 2. The molecule has 1 N–H and O–H groups in total. The molecule has 1 fully saturated rings. The highest BCUT2D eigenvalue weighted by Gasteiger charge is 2.26. The van der Waals surface area contributed by atoms with Gasteiger partial charge in [-0.25, -0.2) is 16.8 Å². The molecule has 1 aromatic heterocycles. The van der Waals surface area contributed by atoms with Crippen molar-refractivity contribution in [1.82, 2.24) is 13.9 Å². The van der Waals surface area contributed by atoms with E-state index in [0.29, 0.717) is 31.9 Å². The van der Waals surface area contributed by atoms with Crippen LogP contribution in [0.25, 0.3) is 0 Å². The fourth-order valence-electron chi connectivity index (χ4n) is 2.82. The highest BCUT2D eigenvalue weighted by Crippen LogP contribution is 2.20. The molecule has 0 atom stereocenters. The van der Waals surface area contributed by atoms with Crippen molar-refractivity contribution in [3.8, 4) is 0 Å². The van der Waals surface area contributed by atoms with Gasteiger partial charge in [-0.05, 0) is 29.1 Å². The number of hydrogen-bond acceptors (Lipinski definition) is 7. The molecule has 0 bridgehead atoms. The van der Waals surface area contributed by atoms with Gasteiger partial charge in [-0.15, -0.1) is 11.3 Å². The summed E-state index contributed by atoms with van der Waals surface area (Å²) in [5.74, 6) is -0.456. The van der Waals surface area contributed by atoms with Crippen molar-refractivity contribution in [2.75, 3.05) is 39.9 Å². The second kappa shape index (κ2) is 9.54. The second-order valence-corrected chi connectivity index (χ2v) is 11.8. The predicted molar refractivity (Wildman–Crippen MR) is 112 cm³/mol. The summed E-state index contributed by atoms with van der Waals surface area (Å²) in [6, 6.07) is 9.37. The normalized spacial score (nSPS) is 15.9. The molecule has 1 aliphatic heterocycles. The van der Waals surface area contributed by atoms with Crippen LogP contribution in [0, 0.1) is 0 Å². The Morgan fingerprint density at radius 1 is 1.13 bits per heavy atom. The summed E-state index contributed by atoms with van der Waals surface area (Å²) in [7, 11) is -5.92. The van der Waals surface area contributed by atoms with Crippen LogP contribution in [0.3, 0.4) is 0 Å². The molecule has 0 radical (unpaired) electrons. The maximum atomic E-state index is 12.6. The summed E-state index contributed by atoms with van der Waals surface area (Å²) in [6.45, 7) is 1.23. The van der Waals surface area contributed by atoms with Gasteiger partial charge >= 0.3 is 0 Å². The number of nitrogens with zero attached hydrogens (tertiary/aromatic N) is 2. The molecule has 12 heteroatoms. The summed E-state index contributed by atoms with van der Waals surface area (Å²) < 4.78 is 57.7. The van der Waals surface area contributed by atoms with Crippen LogP contribution in [0.1, 0.15) is 5.56 Å². The van der Waals surface area contributed by atoms with Gasteiger partial charge in [0.1, 0.15) is 4.21 Å². The third-order valence-corrected chi connectivity index (χ3v) is 9.64. The molecule has 9 nitrogen and oxygen atoms in total. The maximum absolute atomic E-state index is 12.6. The average Bonchev–Trinajstić information content (AvgIpc) is 3.29. The van der Waals surface area contributed by atoms with E-state index in [1.165, 1.54) is 29.6 Å². The third-order valence-electron chi connectivity index (χ3n) is 4.55. The molecule has 164 valence electrons. The number of amides is 1. The predicted octanol–water partition coefficient (Wildman–Crippen LogP) is 0.706. The third kappa shape index (κ3) is 5.25. The first-order valence-corrected chi connectivity index (χ1v) is 12.9. The fraction of sp³-hybridized carbons (Fsp3) is 0.389. The van der Waals surface area contributed by atoms with E-state index < -0.39 is 26.0 Å². The van der Waals surface area contributed by atoms with Gasteiger partial charge in [-0.2, -0.15) is 8.61 Å². The van der Waals surface area contributed by atoms with Gasteiger partial charge in [-0.1, -0.05) is 18.2 Å². The van der Waals surface area contributed by atoms with Crippen LogP contribution in [-0.4, -0.2) is 71.2 Å². The van der Waals surface area contributed by atoms with Gasteiger partial charge in [0.15, 0.2) is 0 Å². The Hall–Kier alpha value is -1.83. The first-order chi connectivity index (χ1) is 14.2. The van der Waals surface area contributed by atoms with Crippen LogP contribution >= 0.6 is 11.3 Å². The van der Waals surface area contributed by atoms with E-state index in [-0.39, 0.29) is 22.2 Å². The summed E-state index contributed by atoms with van der Waals surface area (Å²) in [5, 5.41) is 4.31. The zero-order chi connectivity index (χ0) is 21.8. The van der Waals surface area contributed by atoms with Gasteiger partial charge < -0.3 is 10.1 Å². The summed E-state index contributed by atoms with van der Waals surface area (Å²) >= 11 is 1.09. The fourth-order valence-corrected chi connectivity index (χ4v) is 6.56. The molecular weight excluding hydrogens is 450 g/mol. The zero-order valence-electron chi connectivity index (χ0n) is 16.4. The first kappa shape index (κ1) is 22.8. The van der Waals surface area contributed by atoms with Crippen LogP contribution in [0.4, 0.5) is 0 Å². The van der Waals surface area contributed by atoms with E-state index in [0.717, 1.165) is 15.6 Å². The van der Waals surface area contributed by atoms with Gasteiger partial charge in [0.05, 0.1) is 24.7 Å². The van der Waals surface area contributed by atoms with Crippen molar-refractivity contribution in [1.29, 1.82) is 0 Å². The Morgan fingerprint density at radius 2 is 1.80 bits per heavy atom. The number of thiophene rings is 1. The molecule has 0 saturated carbocycles. The highest BCUT2D eigenvalue weighted by molar-refractivity contribution is 7.91. The molecule has 1 aromatic carbocycles. The zero-order valence-corrected chi connectivity index (χ0v) is 18.8. The standard InChI is InChI=1S/C18H23N3O6S3/c1-20(30(25,26)18-3-2-12-28-18)14-17(22)19-13-15-4-6-16(7-5-15)29(23,24)21-8-10-27-11-9-21/h2-7,12H,8-11,13-14H2,1H3,(H,19,22). The van der Waals surface area contributed by atoms with Crippen molar-refractivity contribution in [2.24, 2.45) is 0 Å². The number of nitrogens with one attached hydrogen (secondary N) is 1. The summed E-state index contributed by atoms with van der Waals surface area (Å²) in [5.41, 5.74) is 0.702. The van der Waals surface area contributed by atoms with Crippen LogP contribution < -0.4 is 5.32 Å². The van der Waals surface area contributed by atoms with Crippen LogP contribution in [0.5, 0.6) is 0 Å². The van der Waals surface area contributed by atoms with Gasteiger partial charge in [0, 0.05) is 26.7 Å². The minimum Gasteiger partial charge on any atom is -0.379 e. The van der Waals surface area contributed by atoms with Crippen molar-refractivity contribution >= 4 is 37.3 Å². The molecule has 1 aliphatic rings. The molecule has 2 heterocycles. The van der Waals surface area contributed by atoms with E-state index in [1.807, 2.05) is 0 Å². The quantitative estimate of drug-likeness (QED) is 0.604. The number of ether oxygens (including phenoxy) is 1. The molecule has 2 aromatic rings. The van der Waals surface area contributed by atoms with Crippen LogP contribution in [0.15, 0.2) is 50.9 Å². The van der Waals surface area contributed by atoms with Crippen molar-refractivity contribution < 1.29 is 26.4 Å². The largest absolute Gasteiger partial charge is 0.379 e. The lowest BCUT2D eigenvalue weighted by Crippen LogP contribution is -2.40. The Kier molecular flexibility index (Phi) is 7.26. The first-order valence-electron chi connectivity index (χ1n) is 9.14. The second-order valence-electron chi connectivity index (χ2n) is 6.63. The molecule has 3 rings (SSSR count). The number of hydrogen-bond donors (Lipinski definition) is 1. The van der Waals surface area contributed by atoms with Crippen molar-refractivity contribution in [3.05, 3.63) is 47.3 Å². The average molecular weight is 474 g/mol. The summed E-state index contributed by atoms with van der Waals surface area (Å²) in [4.78, 5) is 12.3. The highest BCUT2D eigenvalue weighted by atomic mass is 32.2. The van der Waals surface area contributed by atoms with E-state index in [1.54, 1.807) is 23.6 Å². The minimum absolute atomic E-state index is 0.156. The Balaban J connectivity index is 1.55. The van der Waals surface area contributed by atoms with E-state index in [4.69, 9.17) is 4.74 Å². The molecular formula is C18H23N3O6S3. The monoisotopic (exact) mass is 473 g/mol. The number of carbonyl (C=O) groups is 1. The van der Waals surface area contributed by atoms with E-state index in [9.17, 15) is 21.6 Å². The number of carbonyl (C=O) groups excluding carboxylic acids is 1. The smallest absolute Gasteiger partial charge is 0.252 e. The van der Waals surface area contributed by atoms with Gasteiger partial charge in [0.2, 0.25) is 15.9 Å². The number of benzene rings is 1. The molecule has 0 unspecified atom stereocenters. The van der Waals surface area contributed by atoms with Gasteiger partial charge in [-0.3, -0.25) is 4.79 Å². The number of rotatable bonds is 8. The lowest BCUT2D eigenvalue weighted by molar-refractivity contribution is -0.121. The van der Waals surface area contributed by atoms with Crippen LogP contribution in [-0.2, 0) is 36.1 Å². The molecule has 1 saturated heterocycles. The Bertz CT molecular complexity index is 1060. The topological polar surface area (TPSA) is 113 Å². The SMILES string of the molecule is CN(CC(=O)NCc1ccc(S(=O)(=O)N2CCOCC2)cc1)S(=O)(=O)c1cccs1.